The molecule has 0 aromatic rings. The van der Waals surface area contributed by atoms with E-state index in [-0.39, 0.29) is 32.2 Å². The van der Waals surface area contributed by atoms with Crippen LogP contribution in [0.4, 0.5) is 0 Å². The molecule has 9 heteroatoms. The third-order valence-corrected chi connectivity index (χ3v) is 15.6. The molecule has 9 nitrogen and oxygen atoms in total. The van der Waals surface area contributed by atoms with Crippen LogP contribution in [-0.4, -0.2) is 82.3 Å². The molecule has 0 aliphatic heterocycles. The molecular formula is C72H133NO8. The van der Waals surface area contributed by atoms with Crippen molar-refractivity contribution in [2.24, 2.45) is 0 Å². The number of unbranched alkanes of at least 4 members (excludes halogenated alkanes) is 42. The number of carbonyl (C=O) groups excluding carboxylic acids is 3. The zero-order chi connectivity index (χ0) is 59.1. The van der Waals surface area contributed by atoms with Crippen molar-refractivity contribution in [2.75, 3.05) is 47.5 Å². The fourth-order valence-electron chi connectivity index (χ4n) is 10.3. The number of carboxylic acid groups (broad SMARTS) is 1. The van der Waals surface area contributed by atoms with Gasteiger partial charge >= 0.3 is 11.9 Å². The molecule has 0 spiro atoms. The molecule has 0 aliphatic carbocycles. The van der Waals surface area contributed by atoms with Gasteiger partial charge in [0, 0.05) is 12.8 Å². The van der Waals surface area contributed by atoms with Crippen LogP contribution in [0.1, 0.15) is 335 Å². The van der Waals surface area contributed by atoms with Gasteiger partial charge in [0.15, 0.2) is 12.4 Å². The highest BCUT2D eigenvalue weighted by Gasteiger charge is 2.22. The fraction of sp³-hybridized carbons (Fsp3) is 0.847. The Morgan fingerprint density at radius 3 is 1.05 bits per heavy atom. The fourth-order valence-corrected chi connectivity index (χ4v) is 10.3. The van der Waals surface area contributed by atoms with Gasteiger partial charge in [-0.25, -0.2) is 0 Å². The van der Waals surface area contributed by atoms with Gasteiger partial charge in [-0.1, -0.05) is 319 Å². The van der Waals surface area contributed by atoms with Crippen molar-refractivity contribution < 1.29 is 42.9 Å². The maximum atomic E-state index is 12.9. The Kier molecular flexibility index (Phi) is 61.1. The van der Waals surface area contributed by atoms with Crippen LogP contribution in [0.25, 0.3) is 0 Å². The summed E-state index contributed by atoms with van der Waals surface area (Å²) in [7, 11) is 5.93. The Bertz CT molecular complexity index is 1470. The molecule has 0 saturated heterocycles. The van der Waals surface area contributed by atoms with Crippen molar-refractivity contribution in [1.82, 2.24) is 0 Å². The molecule has 0 bridgehead atoms. The van der Waals surface area contributed by atoms with Crippen molar-refractivity contribution >= 4 is 17.9 Å². The normalized spacial score (nSPS) is 13.0. The van der Waals surface area contributed by atoms with Crippen molar-refractivity contribution in [2.45, 2.75) is 347 Å². The van der Waals surface area contributed by atoms with E-state index in [1.165, 1.54) is 231 Å². The zero-order valence-corrected chi connectivity index (χ0v) is 54.2. The minimum Gasteiger partial charge on any atom is -0.545 e. The van der Waals surface area contributed by atoms with Gasteiger partial charge in [0.2, 0.25) is 0 Å². The first-order valence-corrected chi connectivity index (χ1v) is 34.8. The lowest BCUT2D eigenvalue weighted by atomic mass is 10.0. The van der Waals surface area contributed by atoms with Crippen molar-refractivity contribution in [3.05, 3.63) is 48.6 Å². The SMILES string of the molecule is CC/C=C\C/C=C\C/C=C\C/C=C\CCCCCCCCCCC(=O)OC(COC(=O)CCCCCCCCCCCCCCCCCCCCCCCCCCCCCCCCCCCCC)COC(OCC[N+](C)(C)C)C(=O)[O-]. The third-order valence-electron chi connectivity index (χ3n) is 15.6. The largest absolute Gasteiger partial charge is 0.545 e. The van der Waals surface area contributed by atoms with Crippen LogP contribution in [0.3, 0.4) is 0 Å². The molecule has 2 unspecified atom stereocenters. The predicted octanol–water partition coefficient (Wildman–Crippen LogP) is 20.0. The van der Waals surface area contributed by atoms with Gasteiger partial charge in [0.05, 0.1) is 40.3 Å². The number of carbonyl (C=O) groups is 3. The summed E-state index contributed by atoms with van der Waals surface area (Å²) in [6, 6.07) is 0. The number of esters is 2. The number of nitrogens with zero attached hydrogens (tertiary/aromatic N) is 1. The van der Waals surface area contributed by atoms with Crippen LogP contribution in [0.5, 0.6) is 0 Å². The highest BCUT2D eigenvalue weighted by Crippen LogP contribution is 2.19. The molecule has 0 N–H and O–H groups in total. The van der Waals surface area contributed by atoms with E-state index in [4.69, 9.17) is 18.9 Å². The number of allylic oxidation sites excluding steroid dienone is 8. The number of hydrogen-bond donors (Lipinski definition) is 0. The topological polar surface area (TPSA) is 111 Å². The van der Waals surface area contributed by atoms with E-state index in [9.17, 15) is 19.5 Å². The molecule has 0 radical (unpaired) electrons. The quantitative estimate of drug-likeness (QED) is 0.0195. The summed E-state index contributed by atoms with van der Waals surface area (Å²) in [6.07, 6.45) is 77.8. The Morgan fingerprint density at radius 2 is 0.704 bits per heavy atom. The second-order valence-corrected chi connectivity index (χ2v) is 24.8. The van der Waals surface area contributed by atoms with E-state index < -0.39 is 24.3 Å². The van der Waals surface area contributed by atoms with Gasteiger partial charge in [0.25, 0.3) is 0 Å². The first-order chi connectivity index (χ1) is 39.6. The minimum absolute atomic E-state index is 0.146. The van der Waals surface area contributed by atoms with Gasteiger partial charge in [-0.3, -0.25) is 9.59 Å². The van der Waals surface area contributed by atoms with E-state index in [1.54, 1.807) is 0 Å². The van der Waals surface area contributed by atoms with Gasteiger partial charge in [-0.05, 0) is 51.4 Å². The predicted molar refractivity (Wildman–Crippen MR) is 343 cm³/mol. The highest BCUT2D eigenvalue weighted by atomic mass is 16.7. The second kappa shape index (κ2) is 63.3. The number of quaternary nitrogens is 1. The van der Waals surface area contributed by atoms with Crippen LogP contribution in [0.15, 0.2) is 48.6 Å². The van der Waals surface area contributed by atoms with Gasteiger partial charge in [-0.15, -0.1) is 0 Å². The first-order valence-electron chi connectivity index (χ1n) is 34.8. The average molecular weight is 1140 g/mol. The third kappa shape index (κ3) is 64.7. The number of rotatable bonds is 65. The molecule has 0 aliphatic rings. The maximum Gasteiger partial charge on any atom is 0.306 e. The second-order valence-electron chi connectivity index (χ2n) is 24.8. The lowest BCUT2D eigenvalue weighted by Crippen LogP contribution is -2.44. The molecule has 0 aromatic carbocycles. The molecule has 0 aromatic heterocycles. The summed E-state index contributed by atoms with van der Waals surface area (Å²) in [6.45, 7) is 4.68. The summed E-state index contributed by atoms with van der Waals surface area (Å²) in [5, 5.41) is 11.8. The van der Waals surface area contributed by atoms with E-state index in [0.717, 1.165) is 70.6 Å². The monoisotopic (exact) mass is 1140 g/mol. The smallest absolute Gasteiger partial charge is 0.306 e. The van der Waals surface area contributed by atoms with E-state index in [1.807, 2.05) is 21.1 Å². The standard InChI is InChI=1S/C72H133NO8/c1-6-8-10-12-14-16-18-20-22-24-26-28-29-30-31-32-33-34-35-36-37-38-39-40-41-43-44-46-48-50-52-54-56-58-60-62-69(74)79-66-68(67-80-72(71(76)77)78-65-64-73(3,4)5)81-70(75)63-61-59-57-55-53-51-49-47-45-42-27-25-23-21-19-17-15-13-11-9-7-2/h9,11,15,17,21,23,27,42,68,72H,6-8,10,12-14,16,18-20,22,24-26,28-41,43-67H2,1-5H3/b11-9-,17-15-,23-21-,42-27-. The van der Waals surface area contributed by atoms with Crippen LogP contribution in [-0.2, 0) is 33.3 Å². The number of ether oxygens (including phenoxy) is 4. The van der Waals surface area contributed by atoms with Gasteiger partial charge in [0.1, 0.15) is 13.2 Å². The van der Waals surface area contributed by atoms with Gasteiger partial charge in [-0.2, -0.15) is 0 Å². The Morgan fingerprint density at radius 1 is 0.383 bits per heavy atom. The molecule has 2 atom stereocenters. The number of likely N-dealkylation sites (N-methyl/N-ethyl adjacent to an activating group) is 1. The number of aliphatic carboxylic acids is 1. The highest BCUT2D eigenvalue weighted by molar-refractivity contribution is 5.70. The minimum atomic E-state index is -1.62. The summed E-state index contributed by atoms with van der Waals surface area (Å²) >= 11 is 0. The molecule has 0 amide bonds. The Labute approximate surface area is 502 Å². The van der Waals surface area contributed by atoms with E-state index in [2.05, 4.69) is 62.5 Å². The Hall–Kier alpha value is -2.75. The first kappa shape index (κ1) is 78.2. The molecule has 0 saturated carbocycles. The molecule has 474 valence electrons. The lowest BCUT2D eigenvalue weighted by Gasteiger charge is -2.26. The molecular weight excluding hydrogens is 1010 g/mol. The van der Waals surface area contributed by atoms with Crippen LogP contribution >= 0.6 is 0 Å². The summed E-state index contributed by atoms with van der Waals surface area (Å²) in [5.41, 5.74) is 0. The maximum absolute atomic E-state index is 12.9. The Balaban J connectivity index is 4.01. The summed E-state index contributed by atoms with van der Waals surface area (Å²) in [4.78, 5) is 37.4. The zero-order valence-electron chi connectivity index (χ0n) is 54.2. The summed E-state index contributed by atoms with van der Waals surface area (Å²) < 4.78 is 22.8. The molecule has 0 rings (SSSR count). The van der Waals surface area contributed by atoms with E-state index in [0.29, 0.717) is 23.9 Å². The van der Waals surface area contributed by atoms with Crippen LogP contribution < -0.4 is 5.11 Å². The van der Waals surface area contributed by atoms with Crippen LogP contribution in [0.2, 0.25) is 0 Å². The summed E-state index contributed by atoms with van der Waals surface area (Å²) in [5.74, 6) is -2.28. The van der Waals surface area contributed by atoms with Gasteiger partial charge < -0.3 is 33.3 Å². The lowest BCUT2D eigenvalue weighted by molar-refractivity contribution is -0.870. The number of hydrogen-bond acceptors (Lipinski definition) is 8. The van der Waals surface area contributed by atoms with Crippen molar-refractivity contribution in [3.63, 3.8) is 0 Å². The van der Waals surface area contributed by atoms with E-state index >= 15 is 0 Å². The van der Waals surface area contributed by atoms with Crippen molar-refractivity contribution in [1.29, 1.82) is 0 Å². The molecule has 0 heterocycles. The van der Waals surface area contributed by atoms with Crippen LogP contribution in [0, 0.1) is 0 Å². The average Bonchev–Trinajstić information content (AvgIpc) is 3.44. The molecule has 0 fully saturated rings. The van der Waals surface area contributed by atoms with Crippen molar-refractivity contribution in [3.8, 4) is 0 Å². The number of carboxylic acids is 1. The molecule has 81 heavy (non-hydrogen) atoms.